The van der Waals surface area contributed by atoms with E-state index in [2.05, 4.69) is 25.0 Å². The Morgan fingerprint density at radius 1 is 1.19 bits per heavy atom. The van der Waals surface area contributed by atoms with Crippen LogP contribution in [0.15, 0.2) is 18.3 Å². The van der Waals surface area contributed by atoms with E-state index >= 15 is 0 Å². The van der Waals surface area contributed by atoms with Crippen molar-refractivity contribution in [2.45, 2.75) is 32.9 Å². The van der Waals surface area contributed by atoms with E-state index in [9.17, 15) is 4.39 Å². The molecule has 2 rings (SSSR count). The third-order valence-electron chi connectivity index (χ3n) is 2.87. The van der Waals surface area contributed by atoms with Gasteiger partial charge >= 0.3 is 0 Å². The highest BCUT2D eigenvalue weighted by Crippen LogP contribution is 2.30. The van der Waals surface area contributed by atoms with Crippen LogP contribution in [0.4, 0.5) is 4.39 Å². The Morgan fingerprint density at radius 2 is 1.88 bits per heavy atom. The zero-order valence-corrected chi connectivity index (χ0v) is 10.2. The quantitative estimate of drug-likeness (QED) is 0.754. The Kier molecular flexibility index (Phi) is 2.70. The number of hydrogen-bond donors (Lipinski definition) is 0. The normalized spacial score (nSPS) is 13.6. The van der Waals surface area contributed by atoms with E-state index in [-0.39, 0.29) is 0 Å². The summed E-state index contributed by atoms with van der Waals surface area (Å²) in [4.78, 5) is 0. The second-order valence-electron chi connectivity index (χ2n) is 4.61. The van der Waals surface area contributed by atoms with Gasteiger partial charge in [0.15, 0.2) is 0 Å². The largest absolute Gasteiger partial charge is 0.275 e. The van der Waals surface area contributed by atoms with Crippen molar-refractivity contribution in [1.82, 2.24) is 9.78 Å². The fourth-order valence-electron chi connectivity index (χ4n) is 2.07. The first-order valence-electron chi connectivity index (χ1n) is 5.60. The van der Waals surface area contributed by atoms with Gasteiger partial charge in [-0.1, -0.05) is 13.8 Å². The number of aryl methyl sites for hydroxylation is 1. The molecule has 1 aromatic carbocycles. The van der Waals surface area contributed by atoms with Gasteiger partial charge in [0, 0.05) is 18.6 Å². The number of halogens is 1. The second-order valence-corrected chi connectivity index (χ2v) is 4.61. The summed E-state index contributed by atoms with van der Waals surface area (Å²) in [5, 5.41) is 5.39. The van der Waals surface area contributed by atoms with Gasteiger partial charge in [-0.25, -0.2) is 4.39 Å². The predicted octanol–water partition coefficient (Wildman–Crippen LogP) is 3.73. The van der Waals surface area contributed by atoms with Crippen molar-refractivity contribution in [3.63, 3.8) is 0 Å². The smallest absolute Gasteiger partial charge is 0.123 e. The van der Waals surface area contributed by atoms with Crippen LogP contribution in [0.2, 0.25) is 0 Å². The van der Waals surface area contributed by atoms with Crippen LogP contribution in [0.5, 0.6) is 0 Å². The minimum atomic E-state index is -0.941. The van der Waals surface area contributed by atoms with Crippen LogP contribution in [-0.2, 0) is 7.05 Å². The van der Waals surface area contributed by atoms with E-state index in [4.69, 9.17) is 0 Å². The lowest BCUT2D eigenvalue weighted by Gasteiger charge is -2.13. The van der Waals surface area contributed by atoms with Crippen LogP contribution in [-0.4, -0.2) is 9.78 Å². The number of benzene rings is 1. The summed E-state index contributed by atoms with van der Waals surface area (Å²) in [6.07, 6.45) is 1.03. The Balaban J connectivity index is 2.70. The van der Waals surface area contributed by atoms with Crippen molar-refractivity contribution in [2.24, 2.45) is 7.05 Å². The second kappa shape index (κ2) is 3.89. The lowest BCUT2D eigenvalue weighted by Crippen LogP contribution is -1.97. The molecule has 3 heteroatoms. The zero-order valence-electron chi connectivity index (χ0n) is 10.2. The third kappa shape index (κ3) is 1.82. The van der Waals surface area contributed by atoms with E-state index in [1.165, 1.54) is 0 Å². The van der Waals surface area contributed by atoms with Crippen LogP contribution in [0, 0.1) is 0 Å². The van der Waals surface area contributed by atoms with Crippen LogP contribution in [0.3, 0.4) is 0 Å². The first-order valence-corrected chi connectivity index (χ1v) is 5.60. The van der Waals surface area contributed by atoms with Crippen LogP contribution >= 0.6 is 0 Å². The first-order chi connectivity index (χ1) is 7.49. The van der Waals surface area contributed by atoms with Crippen molar-refractivity contribution in [3.05, 3.63) is 29.5 Å². The summed E-state index contributed by atoms with van der Waals surface area (Å²) in [6, 6.07) is 3.92. The summed E-state index contributed by atoms with van der Waals surface area (Å²) in [5.41, 5.74) is 2.71. The molecule has 1 unspecified atom stereocenters. The average molecular weight is 220 g/mol. The summed E-state index contributed by atoms with van der Waals surface area (Å²) >= 11 is 0. The highest BCUT2D eigenvalue weighted by molar-refractivity contribution is 5.80. The van der Waals surface area contributed by atoms with Crippen molar-refractivity contribution in [2.75, 3.05) is 0 Å². The van der Waals surface area contributed by atoms with Gasteiger partial charge in [-0.15, -0.1) is 0 Å². The molecular weight excluding hydrogens is 203 g/mol. The number of nitrogens with zero attached hydrogens (tertiary/aromatic N) is 2. The van der Waals surface area contributed by atoms with Crippen LogP contribution < -0.4 is 0 Å². The van der Waals surface area contributed by atoms with Gasteiger partial charge in [0.1, 0.15) is 6.17 Å². The maximum Gasteiger partial charge on any atom is 0.123 e. The molecule has 0 amide bonds. The molecule has 0 bridgehead atoms. The molecule has 0 aliphatic rings. The molecule has 1 heterocycles. The molecule has 0 aliphatic carbocycles. The Bertz CT molecular complexity index is 467. The molecule has 86 valence electrons. The summed E-state index contributed by atoms with van der Waals surface area (Å²) in [5.74, 6) is 0.331. The fraction of sp³-hybridized carbons (Fsp3) is 0.462. The van der Waals surface area contributed by atoms with E-state index in [0.29, 0.717) is 5.92 Å². The minimum absolute atomic E-state index is 0.331. The monoisotopic (exact) mass is 220 g/mol. The first kappa shape index (κ1) is 11.1. The predicted molar refractivity (Wildman–Crippen MR) is 64.3 cm³/mol. The van der Waals surface area contributed by atoms with Gasteiger partial charge in [0.2, 0.25) is 0 Å². The highest BCUT2D eigenvalue weighted by atomic mass is 19.1. The minimum Gasteiger partial charge on any atom is -0.275 e. The maximum absolute atomic E-state index is 13.6. The number of aromatic nitrogens is 2. The van der Waals surface area contributed by atoms with E-state index < -0.39 is 6.17 Å². The molecule has 1 atom stereocenters. The molecule has 0 saturated heterocycles. The molecule has 16 heavy (non-hydrogen) atoms. The molecule has 2 aromatic rings. The van der Waals surface area contributed by atoms with Gasteiger partial charge in [-0.3, -0.25) is 4.68 Å². The lowest BCUT2D eigenvalue weighted by molar-refractivity contribution is 0.371. The fourth-order valence-corrected chi connectivity index (χ4v) is 2.07. The Labute approximate surface area is 95.1 Å². The number of hydrogen-bond acceptors (Lipinski definition) is 1. The molecular formula is C13H17FN2. The SMILES string of the molecule is CC(C)c1cc2cn(C)nc2cc1C(C)F. The van der Waals surface area contributed by atoms with Crippen molar-refractivity contribution in [3.8, 4) is 0 Å². The topological polar surface area (TPSA) is 17.8 Å². The van der Waals surface area contributed by atoms with Crippen LogP contribution in [0.25, 0.3) is 10.9 Å². The van der Waals surface area contributed by atoms with Crippen molar-refractivity contribution < 1.29 is 4.39 Å². The average Bonchev–Trinajstić information content (AvgIpc) is 2.54. The lowest BCUT2D eigenvalue weighted by atomic mass is 9.93. The molecule has 0 aliphatic heterocycles. The van der Waals surface area contributed by atoms with E-state index in [1.807, 2.05) is 19.3 Å². The molecule has 0 saturated carbocycles. The van der Waals surface area contributed by atoms with Gasteiger partial charge in [-0.2, -0.15) is 5.10 Å². The molecule has 0 N–H and O–H groups in total. The molecule has 0 fully saturated rings. The summed E-state index contributed by atoms with van der Waals surface area (Å²) < 4.78 is 15.3. The maximum atomic E-state index is 13.6. The molecule has 2 nitrogen and oxygen atoms in total. The molecule has 0 spiro atoms. The Morgan fingerprint density at radius 3 is 2.44 bits per heavy atom. The van der Waals surface area contributed by atoms with Gasteiger partial charge in [0.25, 0.3) is 0 Å². The summed E-state index contributed by atoms with van der Waals surface area (Å²) in [6.45, 7) is 5.75. The van der Waals surface area contributed by atoms with Gasteiger partial charge in [0.05, 0.1) is 5.52 Å². The van der Waals surface area contributed by atoms with E-state index in [0.717, 1.165) is 22.0 Å². The zero-order chi connectivity index (χ0) is 11.9. The van der Waals surface area contributed by atoms with Crippen LogP contribution in [0.1, 0.15) is 44.0 Å². The molecule has 0 radical (unpaired) electrons. The van der Waals surface area contributed by atoms with Crippen molar-refractivity contribution in [1.29, 1.82) is 0 Å². The molecule has 1 aromatic heterocycles. The highest BCUT2D eigenvalue weighted by Gasteiger charge is 2.14. The third-order valence-corrected chi connectivity index (χ3v) is 2.87. The van der Waals surface area contributed by atoms with Gasteiger partial charge in [-0.05, 0) is 36.1 Å². The van der Waals surface area contributed by atoms with Gasteiger partial charge < -0.3 is 0 Å². The van der Waals surface area contributed by atoms with Crippen molar-refractivity contribution >= 4 is 10.9 Å². The number of alkyl halides is 1. The number of rotatable bonds is 2. The number of fused-ring (bicyclic) bond motifs is 1. The standard InChI is InChI=1S/C13H17FN2/c1-8(2)11-5-10-7-16(4)15-13(10)6-12(11)9(3)14/h5-9H,1-4H3. The summed E-state index contributed by atoms with van der Waals surface area (Å²) in [7, 11) is 1.88. The Hall–Kier alpha value is -1.38. The van der Waals surface area contributed by atoms with E-state index in [1.54, 1.807) is 11.6 Å².